The molecule has 1 aliphatic heterocycles. The Morgan fingerprint density at radius 2 is 2.33 bits per heavy atom. The third-order valence-electron chi connectivity index (χ3n) is 2.78. The van der Waals surface area contributed by atoms with E-state index in [1.807, 2.05) is 0 Å². The molecule has 0 radical (unpaired) electrons. The van der Waals surface area contributed by atoms with Gasteiger partial charge in [-0.05, 0) is 34.5 Å². The molecule has 1 aromatic rings. The summed E-state index contributed by atoms with van der Waals surface area (Å²) in [7, 11) is 0. The van der Waals surface area contributed by atoms with E-state index in [0.717, 1.165) is 0 Å². The molecule has 2 rings (SSSR count). The van der Waals surface area contributed by atoms with Crippen molar-refractivity contribution in [3.05, 3.63) is 34.1 Å². The van der Waals surface area contributed by atoms with Gasteiger partial charge in [-0.15, -0.1) is 0 Å². The van der Waals surface area contributed by atoms with E-state index in [4.69, 9.17) is 0 Å². The van der Waals surface area contributed by atoms with Crippen LogP contribution < -0.4 is 10.6 Å². The van der Waals surface area contributed by atoms with Gasteiger partial charge in [-0.2, -0.15) is 0 Å². The molecule has 1 aromatic carbocycles. The molecule has 1 fully saturated rings. The second kappa shape index (κ2) is 5.48. The number of hydrogen-bond donors (Lipinski definition) is 2. The molecular weight excluding hydrogens is 303 g/mol. The van der Waals surface area contributed by atoms with Crippen LogP contribution in [-0.2, 0) is 4.79 Å². The van der Waals surface area contributed by atoms with Crippen molar-refractivity contribution in [3.8, 4) is 0 Å². The first-order valence-electron chi connectivity index (χ1n) is 5.59. The van der Waals surface area contributed by atoms with Crippen molar-refractivity contribution in [1.82, 2.24) is 10.6 Å². The number of carbonyl (C=O) groups excluding carboxylic acids is 2. The normalized spacial score (nSPS) is 18.6. The van der Waals surface area contributed by atoms with Crippen LogP contribution in [0.15, 0.2) is 22.7 Å². The molecule has 2 amide bonds. The van der Waals surface area contributed by atoms with E-state index in [9.17, 15) is 14.0 Å². The van der Waals surface area contributed by atoms with Crippen molar-refractivity contribution in [2.45, 2.75) is 18.9 Å². The number of carbonyl (C=O) groups is 2. The average Bonchev–Trinajstić information content (AvgIpc) is 2.72. The maximum absolute atomic E-state index is 13.5. The third kappa shape index (κ3) is 2.87. The molecule has 1 unspecified atom stereocenters. The summed E-state index contributed by atoms with van der Waals surface area (Å²) in [6.07, 6.45) is 1.17. The van der Waals surface area contributed by atoms with Gasteiger partial charge in [0.2, 0.25) is 5.91 Å². The fraction of sp³-hybridized carbons (Fsp3) is 0.333. The second-order valence-corrected chi connectivity index (χ2v) is 4.96. The lowest BCUT2D eigenvalue weighted by Crippen LogP contribution is -2.38. The Kier molecular flexibility index (Phi) is 3.96. The van der Waals surface area contributed by atoms with E-state index in [1.54, 1.807) is 6.07 Å². The van der Waals surface area contributed by atoms with Crippen LogP contribution in [0.5, 0.6) is 0 Å². The minimum atomic E-state index is -0.572. The summed E-state index contributed by atoms with van der Waals surface area (Å²) in [6.45, 7) is 0.311. The zero-order valence-corrected chi connectivity index (χ0v) is 11.1. The number of hydrogen-bond acceptors (Lipinski definition) is 2. The Labute approximate surface area is 112 Å². The van der Waals surface area contributed by atoms with Crippen molar-refractivity contribution in [3.63, 3.8) is 0 Å². The maximum atomic E-state index is 13.5. The van der Waals surface area contributed by atoms with Gasteiger partial charge in [-0.3, -0.25) is 9.59 Å². The predicted molar refractivity (Wildman–Crippen MR) is 67.6 cm³/mol. The Morgan fingerprint density at radius 3 is 2.94 bits per heavy atom. The van der Waals surface area contributed by atoms with Crippen molar-refractivity contribution in [2.75, 3.05) is 6.54 Å². The molecule has 1 aliphatic rings. The molecule has 4 nitrogen and oxygen atoms in total. The molecule has 18 heavy (non-hydrogen) atoms. The number of nitrogens with one attached hydrogen (secondary N) is 2. The minimum absolute atomic E-state index is 0.0122. The lowest BCUT2D eigenvalue weighted by molar-refractivity contribution is -0.119. The van der Waals surface area contributed by atoms with Crippen molar-refractivity contribution < 1.29 is 14.0 Å². The predicted octanol–water partition coefficient (Wildman–Crippen LogP) is 1.60. The molecule has 1 heterocycles. The first-order chi connectivity index (χ1) is 8.58. The summed E-state index contributed by atoms with van der Waals surface area (Å²) in [5, 5.41) is 5.35. The SMILES string of the molecule is O=C1CCC(CNC(=O)c2c(F)cccc2Br)N1. The summed E-state index contributed by atoms with van der Waals surface area (Å²) in [5.74, 6) is -1.07. The van der Waals surface area contributed by atoms with Crippen LogP contribution >= 0.6 is 15.9 Å². The highest BCUT2D eigenvalue weighted by atomic mass is 79.9. The van der Waals surface area contributed by atoms with E-state index >= 15 is 0 Å². The third-order valence-corrected chi connectivity index (χ3v) is 3.44. The molecule has 96 valence electrons. The van der Waals surface area contributed by atoms with Crippen LogP contribution in [0.3, 0.4) is 0 Å². The fourth-order valence-electron chi connectivity index (χ4n) is 1.85. The highest BCUT2D eigenvalue weighted by molar-refractivity contribution is 9.10. The van der Waals surface area contributed by atoms with Gasteiger partial charge in [0.15, 0.2) is 0 Å². The summed E-state index contributed by atoms with van der Waals surface area (Å²) in [5.41, 5.74) is -0.0122. The van der Waals surface area contributed by atoms with Gasteiger partial charge in [0.05, 0.1) is 5.56 Å². The molecule has 1 atom stereocenters. The first kappa shape index (κ1) is 13.0. The van der Waals surface area contributed by atoms with Gasteiger partial charge in [0, 0.05) is 23.5 Å². The van der Waals surface area contributed by atoms with Gasteiger partial charge < -0.3 is 10.6 Å². The molecule has 2 N–H and O–H groups in total. The van der Waals surface area contributed by atoms with E-state index in [0.29, 0.717) is 23.9 Å². The van der Waals surface area contributed by atoms with Crippen molar-refractivity contribution in [1.29, 1.82) is 0 Å². The molecule has 0 spiro atoms. The highest BCUT2D eigenvalue weighted by Gasteiger charge is 2.22. The molecule has 0 bridgehead atoms. The Balaban J connectivity index is 1.98. The smallest absolute Gasteiger partial charge is 0.255 e. The fourth-order valence-corrected chi connectivity index (χ4v) is 2.37. The zero-order valence-electron chi connectivity index (χ0n) is 9.50. The zero-order chi connectivity index (χ0) is 13.1. The van der Waals surface area contributed by atoms with Crippen LogP contribution in [-0.4, -0.2) is 24.4 Å². The summed E-state index contributed by atoms with van der Waals surface area (Å²) < 4.78 is 13.9. The standard InChI is InChI=1S/C12H12BrFN2O2/c13-8-2-1-3-9(14)11(8)12(18)15-6-7-4-5-10(17)16-7/h1-3,7H,4-6H2,(H,15,18)(H,16,17). The van der Waals surface area contributed by atoms with E-state index in [-0.39, 0.29) is 17.5 Å². The van der Waals surface area contributed by atoms with Crippen LogP contribution in [0.2, 0.25) is 0 Å². The van der Waals surface area contributed by atoms with Crippen LogP contribution in [0.4, 0.5) is 4.39 Å². The Morgan fingerprint density at radius 1 is 1.56 bits per heavy atom. The Hall–Kier alpha value is -1.43. The van der Waals surface area contributed by atoms with E-state index < -0.39 is 11.7 Å². The molecule has 0 aromatic heterocycles. The monoisotopic (exact) mass is 314 g/mol. The lowest BCUT2D eigenvalue weighted by Gasteiger charge is -2.12. The van der Waals surface area contributed by atoms with Crippen LogP contribution in [0.25, 0.3) is 0 Å². The lowest BCUT2D eigenvalue weighted by atomic mass is 10.2. The van der Waals surface area contributed by atoms with E-state index in [1.165, 1.54) is 12.1 Å². The molecule has 0 saturated carbocycles. The maximum Gasteiger partial charge on any atom is 0.255 e. The van der Waals surface area contributed by atoms with Crippen molar-refractivity contribution >= 4 is 27.7 Å². The summed E-state index contributed by atoms with van der Waals surface area (Å²) in [4.78, 5) is 22.8. The summed E-state index contributed by atoms with van der Waals surface area (Å²) in [6, 6.07) is 4.30. The number of rotatable bonds is 3. The van der Waals surface area contributed by atoms with Gasteiger partial charge in [0.1, 0.15) is 5.82 Å². The number of benzene rings is 1. The molecular formula is C12H12BrFN2O2. The number of halogens is 2. The molecule has 1 saturated heterocycles. The largest absolute Gasteiger partial charge is 0.352 e. The summed E-state index contributed by atoms with van der Waals surface area (Å²) >= 11 is 3.14. The van der Waals surface area contributed by atoms with Crippen LogP contribution in [0, 0.1) is 5.82 Å². The topological polar surface area (TPSA) is 58.2 Å². The average molecular weight is 315 g/mol. The van der Waals surface area contributed by atoms with Gasteiger partial charge >= 0.3 is 0 Å². The van der Waals surface area contributed by atoms with Gasteiger partial charge in [-0.1, -0.05) is 6.07 Å². The van der Waals surface area contributed by atoms with Gasteiger partial charge in [0.25, 0.3) is 5.91 Å². The van der Waals surface area contributed by atoms with Crippen molar-refractivity contribution in [2.24, 2.45) is 0 Å². The highest BCUT2D eigenvalue weighted by Crippen LogP contribution is 2.19. The van der Waals surface area contributed by atoms with Crippen LogP contribution in [0.1, 0.15) is 23.2 Å². The molecule has 0 aliphatic carbocycles. The van der Waals surface area contributed by atoms with E-state index in [2.05, 4.69) is 26.6 Å². The quantitative estimate of drug-likeness (QED) is 0.890. The second-order valence-electron chi connectivity index (χ2n) is 4.11. The molecule has 6 heteroatoms. The first-order valence-corrected chi connectivity index (χ1v) is 6.39. The Bertz CT molecular complexity index is 473. The minimum Gasteiger partial charge on any atom is -0.352 e. The number of amides is 2. The van der Waals surface area contributed by atoms with Gasteiger partial charge in [-0.25, -0.2) is 4.39 Å².